The Kier molecular flexibility index (Phi) is 5.04. The van der Waals surface area contributed by atoms with E-state index in [0.29, 0.717) is 5.56 Å². The number of hydrogen-bond donors (Lipinski definition) is 0. The van der Waals surface area contributed by atoms with Gasteiger partial charge in [-0.25, -0.2) is 4.39 Å². The van der Waals surface area contributed by atoms with Crippen molar-refractivity contribution in [3.63, 3.8) is 0 Å². The molecule has 0 unspecified atom stereocenters. The van der Waals surface area contributed by atoms with Gasteiger partial charge in [0, 0.05) is 19.6 Å². The second kappa shape index (κ2) is 7.27. The number of hydrogen-bond acceptors (Lipinski definition) is 3. The number of benzene rings is 2. The molecule has 0 atom stereocenters. The molecule has 8 heteroatoms. The maximum Gasteiger partial charge on any atom is 0.418 e. The third-order valence-corrected chi connectivity index (χ3v) is 4.35. The fourth-order valence-corrected chi connectivity index (χ4v) is 3.04. The molecule has 4 nitrogen and oxygen atoms in total. The summed E-state index contributed by atoms with van der Waals surface area (Å²) in [6.07, 6.45) is -4.59. The SMILES string of the molecule is N#Cc1ccc(C(F)(F)F)c(N2CCN(Cc3cccc(F)c3)C(=O)C2)c1. The first kappa shape index (κ1) is 18.7. The van der Waals surface area contributed by atoms with E-state index in [2.05, 4.69) is 0 Å². The topological polar surface area (TPSA) is 47.3 Å². The second-order valence-corrected chi connectivity index (χ2v) is 6.21. The zero-order valence-corrected chi connectivity index (χ0v) is 14.1. The van der Waals surface area contributed by atoms with Crippen LogP contribution in [0.1, 0.15) is 16.7 Å². The lowest BCUT2D eigenvalue weighted by molar-refractivity contribution is -0.138. The number of rotatable bonds is 3. The highest BCUT2D eigenvalue weighted by molar-refractivity contribution is 5.83. The van der Waals surface area contributed by atoms with Crippen molar-refractivity contribution in [1.82, 2.24) is 4.90 Å². The number of carbonyl (C=O) groups is 1. The van der Waals surface area contributed by atoms with Crippen molar-refractivity contribution in [2.24, 2.45) is 0 Å². The standard InChI is InChI=1S/C19H15F4N3O/c20-15-3-1-2-14(8-15)11-26-7-6-25(12-18(26)27)17-9-13(10-24)4-5-16(17)19(21,22)23/h1-5,8-9H,6-7,11-12H2. The van der Waals surface area contributed by atoms with Crippen LogP contribution in [0.2, 0.25) is 0 Å². The van der Waals surface area contributed by atoms with Crippen LogP contribution in [-0.2, 0) is 17.5 Å². The smallest absolute Gasteiger partial charge is 0.360 e. The molecule has 0 spiro atoms. The number of halogens is 4. The van der Waals surface area contributed by atoms with E-state index in [4.69, 9.17) is 5.26 Å². The highest BCUT2D eigenvalue weighted by Gasteiger charge is 2.36. The largest absolute Gasteiger partial charge is 0.418 e. The molecule has 1 heterocycles. The van der Waals surface area contributed by atoms with E-state index in [1.807, 2.05) is 6.07 Å². The summed E-state index contributed by atoms with van der Waals surface area (Å²) >= 11 is 0. The van der Waals surface area contributed by atoms with Crippen LogP contribution < -0.4 is 4.90 Å². The monoisotopic (exact) mass is 377 g/mol. The van der Waals surface area contributed by atoms with Crippen LogP contribution in [0.3, 0.4) is 0 Å². The van der Waals surface area contributed by atoms with Crippen LogP contribution in [-0.4, -0.2) is 30.4 Å². The molecular weight excluding hydrogens is 362 g/mol. The average Bonchev–Trinajstić information content (AvgIpc) is 2.62. The quantitative estimate of drug-likeness (QED) is 0.769. The minimum Gasteiger partial charge on any atom is -0.360 e. The Hall–Kier alpha value is -3.08. The van der Waals surface area contributed by atoms with Gasteiger partial charge < -0.3 is 9.80 Å². The lowest BCUT2D eigenvalue weighted by atomic mass is 10.1. The van der Waals surface area contributed by atoms with Gasteiger partial charge in [-0.1, -0.05) is 12.1 Å². The molecule has 1 aliphatic rings. The first-order chi connectivity index (χ1) is 12.8. The Morgan fingerprint density at radius 3 is 2.52 bits per heavy atom. The van der Waals surface area contributed by atoms with Crippen molar-refractivity contribution in [2.45, 2.75) is 12.7 Å². The van der Waals surface area contributed by atoms with Gasteiger partial charge in [0.05, 0.1) is 29.4 Å². The minimum absolute atomic E-state index is 0.0904. The lowest BCUT2D eigenvalue weighted by Crippen LogP contribution is -2.50. The Balaban J connectivity index is 1.80. The van der Waals surface area contributed by atoms with E-state index in [9.17, 15) is 22.4 Å². The van der Waals surface area contributed by atoms with Crippen LogP contribution >= 0.6 is 0 Å². The summed E-state index contributed by atoms with van der Waals surface area (Å²) in [6, 6.07) is 10.8. The van der Waals surface area contributed by atoms with Crippen LogP contribution in [0.15, 0.2) is 42.5 Å². The second-order valence-electron chi connectivity index (χ2n) is 6.21. The summed E-state index contributed by atoms with van der Waals surface area (Å²) in [5, 5.41) is 8.98. The summed E-state index contributed by atoms with van der Waals surface area (Å²) in [7, 11) is 0. The van der Waals surface area contributed by atoms with Gasteiger partial charge in [0.2, 0.25) is 5.91 Å². The maximum atomic E-state index is 13.3. The minimum atomic E-state index is -4.59. The molecule has 0 saturated carbocycles. The number of piperazine rings is 1. The van der Waals surface area contributed by atoms with Gasteiger partial charge in [0.25, 0.3) is 0 Å². The van der Waals surface area contributed by atoms with Crippen molar-refractivity contribution in [3.05, 3.63) is 65.0 Å². The lowest BCUT2D eigenvalue weighted by Gasteiger charge is -2.36. The maximum absolute atomic E-state index is 13.3. The van der Waals surface area contributed by atoms with E-state index in [1.54, 1.807) is 6.07 Å². The number of anilines is 1. The molecular formula is C19H15F4N3O. The van der Waals surface area contributed by atoms with Crippen LogP contribution in [0.25, 0.3) is 0 Å². The summed E-state index contributed by atoms with van der Waals surface area (Å²) < 4.78 is 53.2. The van der Waals surface area contributed by atoms with Gasteiger partial charge in [-0.15, -0.1) is 0 Å². The van der Waals surface area contributed by atoms with Crippen LogP contribution in [0.5, 0.6) is 0 Å². The van der Waals surface area contributed by atoms with Crippen molar-refractivity contribution >= 4 is 11.6 Å². The van der Waals surface area contributed by atoms with Gasteiger partial charge in [0.15, 0.2) is 0 Å². The molecule has 27 heavy (non-hydrogen) atoms. The van der Waals surface area contributed by atoms with Gasteiger partial charge in [-0.05, 0) is 35.9 Å². The molecule has 2 aromatic rings. The third-order valence-electron chi connectivity index (χ3n) is 4.35. The van der Waals surface area contributed by atoms with Crippen molar-refractivity contribution < 1.29 is 22.4 Å². The Morgan fingerprint density at radius 1 is 1.11 bits per heavy atom. The molecule has 1 amide bonds. The number of amides is 1. The van der Waals surface area contributed by atoms with E-state index in [1.165, 1.54) is 28.0 Å². The summed E-state index contributed by atoms with van der Waals surface area (Å²) in [6.45, 7) is 0.324. The first-order valence-corrected chi connectivity index (χ1v) is 8.16. The summed E-state index contributed by atoms with van der Waals surface area (Å²) in [5.41, 5.74) is -0.361. The predicted molar refractivity (Wildman–Crippen MR) is 90.2 cm³/mol. The summed E-state index contributed by atoms with van der Waals surface area (Å²) in [5.74, 6) is -0.775. The number of nitriles is 1. The van der Waals surface area contributed by atoms with Crippen molar-refractivity contribution in [2.75, 3.05) is 24.5 Å². The predicted octanol–water partition coefficient (Wildman–Crippen LogP) is 3.56. The van der Waals surface area contributed by atoms with Gasteiger partial charge in [-0.2, -0.15) is 18.4 Å². The fourth-order valence-electron chi connectivity index (χ4n) is 3.04. The van der Waals surface area contributed by atoms with E-state index in [-0.39, 0.29) is 43.3 Å². The van der Waals surface area contributed by atoms with E-state index in [0.717, 1.165) is 18.2 Å². The molecule has 2 aromatic carbocycles. The summed E-state index contributed by atoms with van der Waals surface area (Å²) in [4.78, 5) is 15.2. The molecule has 0 bridgehead atoms. The fraction of sp³-hybridized carbons (Fsp3) is 0.263. The normalized spacial score (nSPS) is 15.0. The average molecular weight is 377 g/mol. The third kappa shape index (κ3) is 4.19. The van der Waals surface area contributed by atoms with Gasteiger partial charge in [0.1, 0.15) is 5.82 Å². The molecule has 0 N–H and O–H groups in total. The van der Waals surface area contributed by atoms with E-state index < -0.39 is 17.6 Å². The van der Waals surface area contributed by atoms with Gasteiger partial charge in [-0.3, -0.25) is 4.79 Å². The molecule has 1 fully saturated rings. The zero-order valence-electron chi connectivity index (χ0n) is 14.1. The Labute approximate surface area is 153 Å². The van der Waals surface area contributed by atoms with Crippen molar-refractivity contribution in [1.29, 1.82) is 5.26 Å². The number of nitrogens with zero attached hydrogens (tertiary/aromatic N) is 3. The molecule has 140 valence electrons. The molecule has 0 aliphatic carbocycles. The highest BCUT2D eigenvalue weighted by Crippen LogP contribution is 2.37. The molecule has 0 radical (unpaired) electrons. The zero-order chi connectivity index (χ0) is 19.6. The van der Waals surface area contributed by atoms with Crippen molar-refractivity contribution in [3.8, 4) is 6.07 Å². The molecule has 0 aromatic heterocycles. The number of carbonyl (C=O) groups excluding carboxylic acids is 1. The molecule has 3 rings (SSSR count). The van der Waals surface area contributed by atoms with Gasteiger partial charge >= 0.3 is 6.18 Å². The highest BCUT2D eigenvalue weighted by atomic mass is 19.4. The van der Waals surface area contributed by atoms with Crippen LogP contribution in [0, 0.1) is 17.1 Å². The Morgan fingerprint density at radius 2 is 1.89 bits per heavy atom. The number of alkyl halides is 3. The first-order valence-electron chi connectivity index (χ1n) is 8.16. The van der Waals surface area contributed by atoms with Crippen LogP contribution in [0.4, 0.5) is 23.2 Å². The molecule has 1 saturated heterocycles. The van der Waals surface area contributed by atoms with E-state index >= 15 is 0 Å². The Bertz CT molecular complexity index is 905. The molecule has 1 aliphatic heterocycles.